The Labute approximate surface area is 187 Å². The minimum Gasteiger partial charge on any atom is -0.505 e. The zero-order valence-electron chi connectivity index (χ0n) is 18.1. The van der Waals surface area contributed by atoms with E-state index in [9.17, 15) is 29.5 Å². The molecule has 1 aliphatic rings. The lowest BCUT2D eigenvalue weighted by molar-refractivity contribution is -0.150. The molecule has 186 valence electrons. The van der Waals surface area contributed by atoms with Gasteiger partial charge in [-0.1, -0.05) is 64.2 Å². The molecule has 0 radical (unpaired) electrons. The summed E-state index contributed by atoms with van der Waals surface area (Å²) in [4.78, 5) is 39.5. The Morgan fingerprint density at radius 3 is 1.88 bits per heavy atom. The van der Waals surface area contributed by atoms with Crippen LogP contribution in [-0.2, 0) is 23.4 Å². The van der Waals surface area contributed by atoms with Gasteiger partial charge in [-0.3, -0.25) is 14.6 Å². The molecule has 0 aromatic carbocycles. The smallest absolute Gasteiger partial charge is 0.505 e. The second-order valence-corrected chi connectivity index (χ2v) is 9.17. The third-order valence-electron chi connectivity index (χ3n) is 5.23. The van der Waals surface area contributed by atoms with E-state index in [0.717, 1.165) is 64.2 Å². The fraction of sp³-hybridized carbons (Fsp3) is 0.800. The first-order valence-corrected chi connectivity index (χ1v) is 12.5. The summed E-state index contributed by atoms with van der Waals surface area (Å²) < 4.78 is 19.6. The molecule has 0 amide bonds. The third-order valence-corrected chi connectivity index (χ3v) is 5.65. The molecule has 0 aromatic rings. The van der Waals surface area contributed by atoms with Gasteiger partial charge >= 0.3 is 19.8 Å². The Morgan fingerprint density at radius 1 is 0.938 bits per heavy atom. The summed E-state index contributed by atoms with van der Waals surface area (Å²) in [6.45, 7) is 0. The summed E-state index contributed by atoms with van der Waals surface area (Å²) in [6, 6.07) is 0. The number of hydrogen-bond donors (Lipinski definition) is 6. The van der Waals surface area contributed by atoms with Crippen LogP contribution in [0, 0.1) is 0 Å². The minimum absolute atomic E-state index is 0.202. The van der Waals surface area contributed by atoms with Crippen LogP contribution in [0.15, 0.2) is 11.5 Å². The normalized spacial score (nSPS) is 18.5. The van der Waals surface area contributed by atoms with Crippen LogP contribution >= 0.6 is 7.82 Å². The number of aliphatic hydroxyl groups excluding tert-OH is 3. The molecular formula is C20H35O11P. The highest BCUT2D eigenvalue weighted by Gasteiger charge is 2.44. The van der Waals surface area contributed by atoms with Crippen LogP contribution in [0.5, 0.6) is 0 Å². The summed E-state index contributed by atoms with van der Waals surface area (Å²) in [5.41, 5.74) is 0. The first-order chi connectivity index (χ1) is 15.0. The number of esters is 1. The van der Waals surface area contributed by atoms with E-state index < -0.39 is 49.6 Å². The molecule has 1 aliphatic heterocycles. The van der Waals surface area contributed by atoms with Crippen molar-refractivity contribution in [1.29, 1.82) is 0 Å². The number of carboxylic acids is 1. The Balaban J connectivity index is 2.13. The molecule has 1 unspecified atom stereocenters. The number of aliphatic carboxylic acids is 1. The van der Waals surface area contributed by atoms with Crippen LogP contribution in [0.2, 0.25) is 0 Å². The SMILES string of the molecule is O=C(O)CCCCCCCCCCCCCC(O)[C@H](O)[C@H]1OC(=O)C(OP(=O)(O)O)=C1O. The second kappa shape index (κ2) is 14.5. The average molecular weight is 482 g/mol. The predicted molar refractivity (Wildman–Crippen MR) is 112 cm³/mol. The van der Waals surface area contributed by atoms with Crippen LogP contribution in [0.1, 0.15) is 83.5 Å². The van der Waals surface area contributed by atoms with Gasteiger partial charge in [0.25, 0.3) is 5.76 Å². The fourth-order valence-electron chi connectivity index (χ4n) is 3.49. The number of hydrogen-bond acceptors (Lipinski definition) is 8. The monoisotopic (exact) mass is 482 g/mol. The lowest BCUT2D eigenvalue weighted by Gasteiger charge is -2.22. The summed E-state index contributed by atoms with van der Waals surface area (Å²) in [5.74, 6) is -4.12. The third kappa shape index (κ3) is 11.3. The van der Waals surface area contributed by atoms with Gasteiger partial charge in [-0.15, -0.1) is 0 Å². The van der Waals surface area contributed by atoms with Crippen LogP contribution in [-0.4, -0.2) is 60.5 Å². The number of carboxylic acid groups (broad SMARTS) is 1. The largest absolute Gasteiger partial charge is 0.525 e. The first-order valence-electron chi connectivity index (χ1n) is 11.0. The van der Waals surface area contributed by atoms with Gasteiger partial charge in [0.05, 0.1) is 6.10 Å². The average Bonchev–Trinajstić information content (AvgIpc) is 2.97. The van der Waals surface area contributed by atoms with Crippen molar-refractivity contribution in [2.24, 2.45) is 0 Å². The van der Waals surface area contributed by atoms with Gasteiger partial charge in [-0.25, -0.2) is 9.36 Å². The minimum atomic E-state index is -5.10. The van der Waals surface area contributed by atoms with Crippen LogP contribution in [0.3, 0.4) is 0 Å². The molecule has 12 heteroatoms. The molecule has 3 atom stereocenters. The number of ether oxygens (including phenoxy) is 1. The van der Waals surface area contributed by atoms with Crippen molar-refractivity contribution < 1.29 is 53.6 Å². The number of carbonyl (C=O) groups excluding carboxylic acids is 1. The molecule has 1 heterocycles. The van der Waals surface area contributed by atoms with E-state index in [0.29, 0.717) is 6.42 Å². The molecule has 0 spiro atoms. The number of aliphatic hydroxyl groups is 3. The first kappa shape index (κ1) is 28.4. The maximum Gasteiger partial charge on any atom is 0.525 e. The molecule has 6 N–H and O–H groups in total. The van der Waals surface area contributed by atoms with Gasteiger partial charge in [0.15, 0.2) is 11.9 Å². The highest BCUT2D eigenvalue weighted by molar-refractivity contribution is 7.46. The maximum atomic E-state index is 11.6. The van der Waals surface area contributed by atoms with Crippen molar-refractivity contribution in [3.63, 3.8) is 0 Å². The molecule has 11 nitrogen and oxygen atoms in total. The zero-order valence-corrected chi connectivity index (χ0v) is 19.0. The molecule has 32 heavy (non-hydrogen) atoms. The predicted octanol–water partition coefficient (Wildman–Crippen LogP) is 2.67. The standard InChI is InChI=1S/C20H35O11P/c21-14(16(24)18-17(25)19(20(26)30-18)31-32(27,28)29)12-10-8-6-4-2-1-3-5-7-9-11-13-15(22)23/h14,16,18,21,24-25H,1-13H2,(H,22,23)(H2,27,28,29)/t14?,16-,18+/m0/s1. The molecule has 0 fully saturated rings. The van der Waals surface area contributed by atoms with Gasteiger partial charge in [-0.2, -0.15) is 0 Å². The molecule has 1 rings (SSSR count). The summed E-state index contributed by atoms with van der Waals surface area (Å²) >= 11 is 0. The van der Waals surface area contributed by atoms with Crippen molar-refractivity contribution >= 4 is 19.8 Å². The Kier molecular flexibility index (Phi) is 12.9. The van der Waals surface area contributed by atoms with Crippen LogP contribution < -0.4 is 0 Å². The highest BCUT2D eigenvalue weighted by atomic mass is 31.2. The van der Waals surface area contributed by atoms with Crippen molar-refractivity contribution in [3.8, 4) is 0 Å². The van der Waals surface area contributed by atoms with Crippen molar-refractivity contribution in [2.75, 3.05) is 0 Å². The quantitative estimate of drug-likeness (QED) is 0.0956. The van der Waals surface area contributed by atoms with Gasteiger partial charge < -0.3 is 29.7 Å². The van der Waals surface area contributed by atoms with E-state index in [4.69, 9.17) is 14.9 Å². The van der Waals surface area contributed by atoms with Gasteiger partial charge in [0.2, 0.25) is 0 Å². The lowest BCUT2D eigenvalue weighted by Crippen LogP contribution is -2.39. The van der Waals surface area contributed by atoms with E-state index in [2.05, 4.69) is 9.26 Å². The summed E-state index contributed by atoms with van der Waals surface area (Å²) in [5, 5.41) is 38.6. The molecule has 0 aliphatic carbocycles. The van der Waals surface area contributed by atoms with Crippen molar-refractivity contribution in [2.45, 2.75) is 102 Å². The van der Waals surface area contributed by atoms with Gasteiger partial charge in [0.1, 0.15) is 6.10 Å². The van der Waals surface area contributed by atoms with E-state index >= 15 is 0 Å². The van der Waals surface area contributed by atoms with Crippen molar-refractivity contribution in [3.05, 3.63) is 11.5 Å². The van der Waals surface area contributed by atoms with Crippen molar-refractivity contribution in [1.82, 2.24) is 0 Å². The van der Waals surface area contributed by atoms with E-state index in [1.165, 1.54) is 0 Å². The molecule has 0 saturated carbocycles. The summed E-state index contributed by atoms with van der Waals surface area (Å²) in [7, 11) is -5.10. The number of rotatable bonds is 18. The molecule has 0 aromatic heterocycles. The molecular weight excluding hydrogens is 447 g/mol. The Hall–Kier alpha value is -1.65. The number of phosphoric acid groups is 1. The maximum absolute atomic E-state index is 11.6. The van der Waals surface area contributed by atoms with Gasteiger partial charge in [-0.05, 0) is 12.8 Å². The fourth-order valence-corrected chi connectivity index (χ4v) is 3.89. The van der Waals surface area contributed by atoms with E-state index in [1.54, 1.807) is 0 Å². The second-order valence-electron chi connectivity index (χ2n) is 8.00. The highest BCUT2D eigenvalue weighted by Crippen LogP contribution is 2.42. The molecule has 0 bridgehead atoms. The van der Waals surface area contributed by atoms with Crippen LogP contribution in [0.25, 0.3) is 0 Å². The summed E-state index contributed by atoms with van der Waals surface area (Å²) in [6.07, 6.45) is 6.48. The number of carbonyl (C=O) groups is 2. The number of phosphoric ester groups is 1. The topological polar surface area (TPSA) is 191 Å². The van der Waals surface area contributed by atoms with E-state index in [1.807, 2.05) is 0 Å². The number of unbranched alkanes of at least 4 members (excludes halogenated alkanes) is 10. The number of cyclic esters (lactones) is 1. The zero-order chi connectivity index (χ0) is 24.1. The Bertz CT molecular complexity index is 672. The van der Waals surface area contributed by atoms with E-state index in [-0.39, 0.29) is 12.8 Å². The molecule has 0 saturated heterocycles. The van der Waals surface area contributed by atoms with Crippen LogP contribution in [0.4, 0.5) is 0 Å². The van der Waals surface area contributed by atoms with Gasteiger partial charge in [0, 0.05) is 6.42 Å². The Morgan fingerprint density at radius 2 is 1.41 bits per heavy atom. The lowest BCUT2D eigenvalue weighted by atomic mass is 10.00.